The van der Waals surface area contributed by atoms with E-state index < -0.39 is 0 Å². The van der Waals surface area contributed by atoms with Crippen molar-refractivity contribution in [2.45, 2.75) is 96.8 Å². The zero-order valence-corrected chi connectivity index (χ0v) is 20.0. The predicted octanol–water partition coefficient (Wildman–Crippen LogP) is 9.30. The van der Waals surface area contributed by atoms with Crippen molar-refractivity contribution >= 4 is 10.8 Å². The summed E-state index contributed by atoms with van der Waals surface area (Å²) in [6.07, 6.45) is 21.7. The van der Waals surface area contributed by atoms with Crippen LogP contribution in [0.5, 0.6) is 0 Å². The van der Waals surface area contributed by atoms with E-state index in [9.17, 15) is 0 Å². The van der Waals surface area contributed by atoms with Gasteiger partial charge in [0.2, 0.25) is 0 Å². The van der Waals surface area contributed by atoms with Gasteiger partial charge in [-0.25, -0.2) is 0 Å². The molecule has 0 spiro atoms. The molecular weight excluding hydrogens is 372 g/mol. The number of aryl methyl sites for hydroxylation is 2. The molecule has 0 heterocycles. The zero-order chi connectivity index (χ0) is 21.5. The van der Waals surface area contributed by atoms with Gasteiger partial charge in [0, 0.05) is 0 Å². The van der Waals surface area contributed by atoms with E-state index in [1.807, 2.05) is 0 Å². The van der Waals surface area contributed by atoms with E-state index in [0.29, 0.717) is 0 Å². The molecule has 0 saturated heterocycles. The fourth-order valence-electron chi connectivity index (χ4n) is 6.57. The van der Waals surface area contributed by atoms with E-state index in [1.165, 1.54) is 112 Å². The number of allylic oxidation sites excluding steroid dienone is 1. The molecule has 0 heteroatoms. The Morgan fingerprint density at radius 2 is 1.23 bits per heavy atom. The second-order valence-corrected chi connectivity index (χ2v) is 10.7. The molecule has 0 amide bonds. The molecule has 0 radical (unpaired) electrons. The fourth-order valence-corrected chi connectivity index (χ4v) is 6.57. The largest absolute Gasteiger partial charge is 0.103 e. The van der Waals surface area contributed by atoms with Crippen LogP contribution in [0, 0.1) is 23.7 Å². The van der Waals surface area contributed by atoms with E-state index in [1.54, 1.807) is 0 Å². The van der Waals surface area contributed by atoms with Gasteiger partial charge in [-0.05, 0) is 103 Å². The van der Waals surface area contributed by atoms with Crippen LogP contribution in [0.3, 0.4) is 0 Å². The van der Waals surface area contributed by atoms with Gasteiger partial charge in [0.05, 0.1) is 0 Å². The van der Waals surface area contributed by atoms with Crippen molar-refractivity contribution in [2.24, 2.45) is 23.7 Å². The molecule has 0 atom stereocenters. The average molecular weight is 417 g/mol. The summed E-state index contributed by atoms with van der Waals surface area (Å²) in [7, 11) is 0. The molecule has 2 saturated carbocycles. The molecule has 4 rings (SSSR count). The van der Waals surface area contributed by atoms with Crippen LogP contribution in [0.25, 0.3) is 10.8 Å². The monoisotopic (exact) mass is 416 g/mol. The summed E-state index contributed by atoms with van der Waals surface area (Å²) in [5.41, 5.74) is 3.01. The highest BCUT2D eigenvalue weighted by molar-refractivity contribution is 5.83. The Morgan fingerprint density at radius 1 is 0.710 bits per heavy atom. The predicted molar refractivity (Wildman–Crippen MR) is 137 cm³/mol. The Hall–Kier alpha value is -1.56. The second-order valence-electron chi connectivity index (χ2n) is 10.7. The summed E-state index contributed by atoms with van der Waals surface area (Å²) in [4.78, 5) is 0. The lowest BCUT2D eigenvalue weighted by molar-refractivity contribution is 0.141. The van der Waals surface area contributed by atoms with Gasteiger partial charge in [0.15, 0.2) is 0 Å². The first-order valence-electron chi connectivity index (χ1n) is 13.4. The number of fused-ring (bicyclic) bond motifs is 1. The highest BCUT2D eigenvalue weighted by Gasteiger charge is 2.30. The third kappa shape index (κ3) is 6.24. The first kappa shape index (κ1) is 22.6. The Kier molecular flexibility index (Phi) is 8.28. The van der Waals surface area contributed by atoms with Crippen molar-refractivity contribution in [2.75, 3.05) is 0 Å². The van der Waals surface area contributed by atoms with Gasteiger partial charge < -0.3 is 0 Å². The van der Waals surface area contributed by atoms with Crippen LogP contribution in [0.2, 0.25) is 0 Å². The van der Waals surface area contributed by atoms with Crippen LogP contribution in [0.4, 0.5) is 0 Å². The van der Waals surface area contributed by atoms with Crippen LogP contribution < -0.4 is 0 Å². The minimum Gasteiger partial charge on any atom is -0.103 e. The molecule has 31 heavy (non-hydrogen) atoms. The summed E-state index contributed by atoms with van der Waals surface area (Å²) in [5.74, 6) is 4.03. The lowest BCUT2D eigenvalue weighted by atomic mass is 9.68. The summed E-state index contributed by atoms with van der Waals surface area (Å²) in [6, 6.07) is 14.2. The van der Waals surface area contributed by atoms with E-state index >= 15 is 0 Å². The summed E-state index contributed by atoms with van der Waals surface area (Å²) < 4.78 is 0. The van der Waals surface area contributed by atoms with E-state index in [2.05, 4.69) is 56.0 Å². The SMILES string of the molecule is C=CCCC1CCC(C2CCC(CCc3ccc4cc(CCC)ccc4c3)CC2)CC1. The molecule has 168 valence electrons. The van der Waals surface area contributed by atoms with Gasteiger partial charge >= 0.3 is 0 Å². The molecular formula is C31H44. The van der Waals surface area contributed by atoms with Gasteiger partial charge in [0.25, 0.3) is 0 Å². The van der Waals surface area contributed by atoms with E-state index in [4.69, 9.17) is 0 Å². The average Bonchev–Trinajstić information content (AvgIpc) is 2.82. The molecule has 0 aliphatic heterocycles. The van der Waals surface area contributed by atoms with Crippen molar-refractivity contribution in [3.05, 3.63) is 60.2 Å². The molecule has 2 aliphatic rings. The molecule has 0 unspecified atom stereocenters. The standard InChI is InChI=1S/C31H44/c1-3-5-7-24-10-16-28(17-11-24)29-18-12-25(13-19-29)8-9-27-15-21-30-22-26(6-4-2)14-20-31(30)23-27/h3,14-15,20-25,28-29H,1,4-13,16-19H2,2H3. The maximum Gasteiger partial charge on any atom is -0.0181 e. The maximum absolute atomic E-state index is 3.90. The van der Waals surface area contributed by atoms with Crippen LogP contribution in [-0.4, -0.2) is 0 Å². The minimum absolute atomic E-state index is 0.961. The molecule has 0 N–H and O–H groups in total. The van der Waals surface area contributed by atoms with Crippen LogP contribution in [0.15, 0.2) is 49.1 Å². The van der Waals surface area contributed by atoms with Crippen molar-refractivity contribution in [3.8, 4) is 0 Å². The Labute approximate surface area is 191 Å². The number of rotatable bonds is 9. The summed E-state index contributed by atoms with van der Waals surface area (Å²) in [5, 5.41) is 2.83. The molecule has 0 nitrogen and oxygen atoms in total. The fraction of sp³-hybridized carbons (Fsp3) is 0.613. The molecule has 2 fully saturated rings. The molecule has 2 aromatic rings. The first-order chi connectivity index (χ1) is 15.2. The van der Waals surface area contributed by atoms with Crippen molar-refractivity contribution < 1.29 is 0 Å². The second kappa shape index (κ2) is 11.3. The third-order valence-electron chi connectivity index (χ3n) is 8.58. The van der Waals surface area contributed by atoms with Crippen molar-refractivity contribution in [3.63, 3.8) is 0 Å². The normalized spacial score (nSPS) is 26.7. The Morgan fingerprint density at radius 3 is 1.74 bits per heavy atom. The molecule has 0 bridgehead atoms. The highest BCUT2D eigenvalue weighted by Crippen LogP contribution is 2.43. The lowest BCUT2D eigenvalue weighted by Gasteiger charge is -2.38. The first-order valence-corrected chi connectivity index (χ1v) is 13.4. The maximum atomic E-state index is 3.90. The number of hydrogen-bond donors (Lipinski definition) is 0. The van der Waals surface area contributed by atoms with Crippen LogP contribution in [0.1, 0.15) is 95.1 Å². The van der Waals surface area contributed by atoms with Gasteiger partial charge in [-0.3, -0.25) is 0 Å². The molecule has 2 aliphatic carbocycles. The van der Waals surface area contributed by atoms with Gasteiger partial charge in [-0.1, -0.05) is 81.5 Å². The number of benzene rings is 2. The molecule has 0 aromatic heterocycles. The Bertz CT molecular complexity index is 815. The topological polar surface area (TPSA) is 0 Å². The van der Waals surface area contributed by atoms with Gasteiger partial charge in [0.1, 0.15) is 0 Å². The van der Waals surface area contributed by atoms with Crippen molar-refractivity contribution in [1.29, 1.82) is 0 Å². The van der Waals surface area contributed by atoms with Gasteiger partial charge in [-0.2, -0.15) is 0 Å². The number of hydrogen-bond acceptors (Lipinski definition) is 0. The van der Waals surface area contributed by atoms with Crippen LogP contribution >= 0.6 is 0 Å². The smallest absolute Gasteiger partial charge is 0.0181 e. The zero-order valence-electron chi connectivity index (χ0n) is 20.0. The summed E-state index contributed by atoms with van der Waals surface area (Å²) in [6.45, 7) is 6.16. The minimum atomic E-state index is 0.961. The Balaban J connectivity index is 1.21. The van der Waals surface area contributed by atoms with Crippen LogP contribution in [-0.2, 0) is 12.8 Å². The quantitative estimate of drug-likeness (QED) is 0.357. The molecule has 2 aromatic carbocycles. The van der Waals surface area contributed by atoms with Crippen molar-refractivity contribution in [1.82, 2.24) is 0 Å². The summed E-state index contributed by atoms with van der Waals surface area (Å²) >= 11 is 0. The van der Waals surface area contributed by atoms with E-state index in [0.717, 1.165) is 23.7 Å². The third-order valence-corrected chi connectivity index (χ3v) is 8.58. The lowest BCUT2D eigenvalue weighted by Crippen LogP contribution is -2.26. The van der Waals surface area contributed by atoms with Gasteiger partial charge in [-0.15, -0.1) is 6.58 Å². The highest BCUT2D eigenvalue weighted by atomic mass is 14.4. The van der Waals surface area contributed by atoms with E-state index in [-0.39, 0.29) is 0 Å².